The Balaban J connectivity index is 1.66. The Morgan fingerprint density at radius 3 is 2.65 bits per heavy atom. The molecule has 31 heavy (non-hydrogen) atoms. The first-order valence-electron chi connectivity index (χ1n) is 9.61. The number of hydrogen-bond donors (Lipinski definition) is 1. The van der Waals surface area contributed by atoms with Gasteiger partial charge in [-0.1, -0.05) is 29.3 Å². The van der Waals surface area contributed by atoms with Crippen LogP contribution >= 0.6 is 23.2 Å². The molecule has 0 amide bonds. The third kappa shape index (κ3) is 6.74. The molecule has 3 rings (SSSR count). The van der Waals surface area contributed by atoms with Crippen molar-refractivity contribution in [1.29, 1.82) is 0 Å². The molecule has 6 nitrogen and oxygen atoms in total. The summed E-state index contributed by atoms with van der Waals surface area (Å²) in [6, 6.07) is 13.9. The van der Waals surface area contributed by atoms with Gasteiger partial charge in [-0.15, -0.1) is 0 Å². The lowest BCUT2D eigenvalue weighted by Gasteiger charge is -2.25. The van der Waals surface area contributed by atoms with E-state index in [1.165, 1.54) is 7.11 Å². The van der Waals surface area contributed by atoms with Gasteiger partial charge in [0.1, 0.15) is 24.8 Å². The molecule has 164 valence electrons. The standard InChI is InChI=1S/C23H23Cl2NO5/c1-29-23-9-16(14-27)4-7-22(23)31-15-19(28)12-26(13-20-3-2-8-30-20)11-17-5-6-18(24)10-21(17)25/h2-10,14,19,28H,11-13,15H2,1H3. The molecule has 0 saturated carbocycles. The molecular weight excluding hydrogens is 441 g/mol. The van der Waals surface area contributed by atoms with Gasteiger partial charge in [0.15, 0.2) is 11.5 Å². The van der Waals surface area contributed by atoms with E-state index in [-0.39, 0.29) is 6.61 Å². The monoisotopic (exact) mass is 463 g/mol. The zero-order valence-corrected chi connectivity index (χ0v) is 18.5. The van der Waals surface area contributed by atoms with Crippen molar-refractivity contribution in [2.75, 3.05) is 20.3 Å². The molecule has 1 aromatic heterocycles. The molecule has 1 heterocycles. The van der Waals surface area contributed by atoms with E-state index < -0.39 is 6.10 Å². The highest BCUT2D eigenvalue weighted by Gasteiger charge is 2.17. The molecule has 1 unspecified atom stereocenters. The Bertz CT molecular complexity index is 994. The molecule has 0 spiro atoms. The highest BCUT2D eigenvalue weighted by atomic mass is 35.5. The SMILES string of the molecule is COc1cc(C=O)ccc1OCC(O)CN(Cc1ccco1)Cc1ccc(Cl)cc1Cl. The summed E-state index contributed by atoms with van der Waals surface area (Å²) in [5, 5.41) is 11.7. The van der Waals surface area contributed by atoms with Crippen LogP contribution in [0.4, 0.5) is 0 Å². The first-order chi connectivity index (χ1) is 15.0. The molecular formula is C23H23Cl2NO5. The van der Waals surface area contributed by atoms with Crippen molar-refractivity contribution in [3.05, 3.63) is 81.7 Å². The summed E-state index contributed by atoms with van der Waals surface area (Å²) in [6.07, 6.45) is 1.55. The lowest BCUT2D eigenvalue weighted by molar-refractivity contribution is 0.0596. The van der Waals surface area contributed by atoms with E-state index in [1.54, 1.807) is 36.6 Å². The van der Waals surface area contributed by atoms with Gasteiger partial charge in [0, 0.05) is 28.7 Å². The van der Waals surface area contributed by atoms with Gasteiger partial charge in [0.25, 0.3) is 0 Å². The number of aliphatic hydroxyl groups excluding tert-OH is 1. The number of carbonyl (C=O) groups excluding carboxylic acids is 1. The van der Waals surface area contributed by atoms with Crippen molar-refractivity contribution in [1.82, 2.24) is 4.90 Å². The molecule has 0 aliphatic carbocycles. The lowest BCUT2D eigenvalue weighted by atomic mass is 10.2. The summed E-state index contributed by atoms with van der Waals surface area (Å²) < 4.78 is 16.5. The molecule has 0 aliphatic heterocycles. The van der Waals surface area contributed by atoms with Crippen LogP contribution in [0, 0.1) is 0 Å². The van der Waals surface area contributed by atoms with E-state index in [9.17, 15) is 9.90 Å². The maximum absolute atomic E-state index is 10.9. The summed E-state index contributed by atoms with van der Waals surface area (Å²) in [6.45, 7) is 1.33. The smallest absolute Gasteiger partial charge is 0.161 e. The van der Waals surface area contributed by atoms with E-state index >= 15 is 0 Å². The topological polar surface area (TPSA) is 72.1 Å². The van der Waals surface area contributed by atoms with Crippen molar-refractivity contribution in [2.45, 2.75) is 19.2 Å². The predicted molar refractivity (Wildman–Crippen MR) is 119 cm³/mol. The third-order valence-electron chi connectivity index (χ3n) is 4.59. The molecule has 1 atom stereocenters. The van der Waals surface area contributed by atoms with Crippen LogP contribution in [0.15, 0.2) is 59.2 Å². The van der Waals surface area contributed by atoms with Crippen LogP contribution < -0.4 is 9.47 Å². The van der Waals surface area contributed by atoms with Gasteiger partial charge in [-0.2, -0.15) is 0 Å². The number of halogens is 2. The Kier molecular flexibility index (Phi) is 8.37. The van der Waals surface area contributed by atoms with Crippen molar-refractivity contribution in [2.24, 2.45) is 0 Å². The average Bonchev–Trinajstić information content (AvgIpc) is 3.27. The number of benzene rings is 2. The number of aliphatic hydroxyl groups is 1. The zero-order chi connectivity index (χ0) is 22.2. The summed E-state index contributed by atoms with van der Waals surface area (Å²) in [7, 11) is 1.49. The zero-order valence-electron chi connectivity index (χ0n) is 17.0. The van der Waals surface area contributed by atoms with Crippen molar-refractivity contribution < 1.29 is 23.8 Å². The average molecular weight is 464 g/mol. The van der Waals surface area contributed by atoms with Crippen LogP contribution in [0.5, 0.6) is 11.5 Å². The number of aldehydes is 1. The molecule has 0 fully saturated rings. The fourth-order valence-electron chi connectivity index (χ4n) is 3.11. The van der Waals surface area contributed by atoms with Crippen LogP contribution in [0.3, 0.4) is 0 Å². The first-order valence-corrected chi connectivity index (χ1v) is 10.4. The second-order valence-corrected chi connectivity index (χ2v) is 7.82. The van der Waals surface area contributed by atoms with Gasteiger partial charge in [-0.05, 0) is 48.0 Å². The summed E-state index contributed by atoms with van der Waals surface area (Å²) in [4.78, 5) is 12.9. The van der Waals surface area contributed by atoms with Gasteiger partial charge in [-0.25, -0.2) is 0 Å². The fourth-order valence-corrected chi connectivity index (χ4v) is 3.58. The van der Waals surface area contributed by atoms with Gasteiger partial charge in [0.05, 0.1) is 19.9 Å². The Hall–Kier alpha value is -2.51. The number of rotatable bonds is 11. The number of carbonyl (C=O) groups is 1. The summed E-state index contributed by atoms with van der Waals surface area (Å²) in [5.41, 5.74) is 1.37. The maximum Gasteiger partial charge on any atom is 0.161 e. The lowest BCUT2D eigenvalue weighted by Crippen LogP contribution is -2.35. The highest BCUT2D eigenvalue weighted by Crippen LogP contribution is 2.28. The van der Waals surface area contributed by atoms with Crippen LogP contribution in [0.1, 0.15) is 21.7 Å². The Morgan fingerprint density at radius 1 is 1.13 bits per heavy atom. The second kappa shape index (κ2) is 11.2. The van der Waals surface area contributed by atoms with Crippen LogP contribution in [0.25, 0.3) is 0 Å². The number of nitrogens with zero attached hydrogens (tertiary/aromatic N) is 1. The molecule has 1 N–H and O–H groups in total. The summed E-state index contributed by atoms with van der Waals surface area (Å²) >= 11 is 12.3. The van der Waals surface area contributed by atoms with Crippen molar-refractivity contribution in [3.63, 3.8) is 0 Å². The van der Waals surface area contributed by atoms with Crippen LogP contribution in [-0.2, 0) is 13.1 Å². The Labute approximate surface area is 190 Å². The largest absolute Gasteiger partial charge is 0.493 e. The van der Waals surface area contributed by atoms with E-state index in [0.717, 1.165) is 17.6 Å². The normalized spacial score (nSPS) is 12.0. The fraction of sp³-hybridized carbons (Fsp3) is 0.261. The molecule has 2 aromatic carbocycles. The van der Waals surface area contributed by atoms with Crippen LogP contribution in [0.2, 0.25) is 10.0 Å². The van der Waals surface area contributed by atoms with E-state index in [2.05, 4.69) is 0 Å². The quantitative estimate of drug-likeness (QED) is 0.409. The molecule has 0 radical (unpaired) electrons. The van der Waals surface area contributed by atoms with Crippen molar-refractivity contribution in [3.8, 4) is 11.5 Å². The van der Waals surface area contributed by atoms with Crippen LogP contribution in [-0.4, -0.2) is 42.7 Å². The number of ether oxygens (including phenoxy) is 2. The van der Waals surface area contributed by atoms with E-state index in [0.29, 0.717) is 46.7 Å². The highest BCUT2D eigenvalue weighted by molar-refractivity contribution is 6.35. The summed E-state index contributed by atoms with van der Waals surface area (Å²) in [5.74, 6) is 1.65. The third-order valence-corrected chi connectivity index (χ3v) is 5.18. The number of methoxy groups -OCH3 is 1. The van der Waals surface area contributed by atoms with Gasteiger partial charge >= 0.3 is 0 Å². The first kappa shape index (κ1) is 23.2. The molecule has 8 heteroatoms. The molecule has 0 saturated heterocycles. The van der Waals surface area contributed by atoms with E-state index in [1.807, 2.05) is 23.1 Å². The molecule has 0 aliphatic rings. The van der Waals surface area contributed by atoms with E-state index in [4.69, 9.17) is 37.1 Å². The Morgan fingerprint density at radius 2 is 1.97 bits per heavy atom. The van der Waals surface area contributed by atoms with Gasteiger partial charge in [-0.3, -0.25) is 9.69 Å². The number of hydrogen-bond acceptors (Lipinski definition) is 6. The molecule has 0 bridgehead atoms. The maximum atomic E-state index is 10.9. The number of furan rings is 1. The van der Waals surface area contributed by atoms with Gasteiger partial charge in [0.2, 0.25) is 0 Å². The minimum atomic E-state index is -0.795. The van der Waals surface area contributed by atoms with Gasteiger partial charge < -0.3 is 19.0 Å². The molecule has 3 aromatic rings. The predicted octanol–water partition coefficient (Wildman–Crippen LogP) is 4.85. The second-order valence-electron chi connectivity index (χ2n) is 6.98. The minimum absolute atomic E-state index is 0.0415. The minimum Gasteiger partial charge on any atom is -0.493 e. The van der Waals surface area contributed by atoms with Crippen molar-refractivity contribution >= 4 is 29.5 Å².